The van der Waals surface area contributed by atoms with Crippen LogP contribution in [0.2, 0.25) is 0 Å². The molecule has 0 saturated carbocycles. The summed E-state index contributed by atoms with van der Waals surface area (Å²) in [4.78, 5) is 40.8. The second-order valence-electron chi connectivity index (χ2n) is 8.42. The largest absolute Gasteiger partial charge is 0.459 e. The molecular formula is C24H26N10O3. The first-order valence-corrected chi connectivity index (χ1v) is 11.7. The number of carbonyl (C=O) groups excluding carboxylic acids is 2. The van der Waals surface area contributed by atoms with Crippen molar-refractivity contribution in [3.05, 3.63) is 60.8 Å². The summed E-state index contributed by atoms with van der Waals surface area (Å²) in [6.07, 6.45) is 3.76. The molecule has 0 unspecified atom stereocenters. The summed E-state index contributed by atoms with van der Waals surface area (Å²) in [5, 5.41) is 10.3. The van der Waals surface area contributed by atoms with E-state index in [4.69, 9.17) is 10.2 Å². The molecule has 1 fully saturated rings. The Bertz CT molecular complexity index is 1380. The van der Waals surface area contributed by atoms with Crippen LogP contribution in [0.15, 0.2) is 59.5 Å². The van der Waals surface area contributed by atoms with Gasteiger partial charge in [0.05, 0.1) is 6.26 Å². The van der Waals surface area contributed by atoms with Crippen LogP contribution in [0.4, 0.5) is 29.1 Å². The van der Waals surface area contributed by atoms with E-state index in [1.807, 2.05) is 4.90 Å². The van der Waals surface area contributed by atoms with Crippen LogP contribution < -0.4 is 21.3 Å². The quantitative estimate of drug-likeness (QED) is 0.357. The van der Waals surface area contributed by atoms with Gasteiger partial charge in [0, 0.05) is 50.5 Å². The molecule has 37 heavy (non-hydrogen) atoms. The van der Waals surface area contributed by atoms with Gasteiger partial charge in [-0.15, -0.1) is 5.10 Å². The van der Waals surface area contributed by atoms with Crippen LogP contribution in [0, 0.1) is 0 Å². The van der Waals surface area contributed by atoms with Crippen LogP contribution in [0.1, 0.15) is 23.9 Å². The van der Waals surface area contributed by atoms with Crippen molar-refractivity contribution in [1.29, 1.82) is 0 Å². The monoisotopic (exact) mass is 502 g/mol. The van der Waals surface area contributed by atoms with E-state index in [0.29, 0.717) is 30.3 Å². The smallest absolute Gasteiger partial charge is 0.291 e. The van der Waals surface area contributed by atoms with Crippen LogP contribution in [0.5, 0.6) is 0 Å². The highest BCUT2D eigenvalue weighted by Crippen LogP contribution is 2.21. The number of hydrogen-bond acceptors (Lipinski definition) is 10. The summed E-state index contributed by atoms with van der Waals surface area (Å²) >= 11 is 0. The number of nitrogens with zero attached hydrogens (tertiary/aromatic N) is 7. The van der Waals surface area contributed by atoms with E-state index in [-0.39, 0.29) is 29.5 Å². The summed E-state index contributed by atoms with van der Waals surface area (Å²) in [5.74, 6) is 1.63. The van der Waals surface area contributed by atoms with Crippen molar-refractivity contribution in [2.45, 2.75) is 13.3 Å². The lowest BCUT2D eigenvalue weighted by Gasteiger charge is -2.22. The fourth-order valence-corrected chi connectivity index (χ4v) is 4.00. The molecule has 3 aromatic heterocycles. The minimum Gasteiger partial charge on any atom is -0.459 e. The van der Waals surface area contributed by atoms with Gasteiger partial charge in [0.25, 0.3) is 5.91 Å². The molecule has 0 bridgehead atoms. The van der Waals surface area contributed by atoms with E-state index in [1.165, 1.54) is 17.3 Å². The zero-order valence-electron chi connectivity index (χ0n) is 20.2. The highest BCUT2D eigenvalue weighted by Gasteiger charge is 2.19. The minimum atomic E-state index is -0.334. The van der Waals surface area contributed by atoms with Gasteiger partial charge < -0.3 is 30.6 Å². The van der Waals surface area contributed by atoms with Gasteiger partial charge in [-0.25, -0.2) is 9.97 Å². The number of anilines is 5. The van der Waals surface area contributed by atoms with Crippen LogP contribution in [0.25, 0.3) is 5.82 Å². The molecule has 0 radical (unpaired) electrons. The third-order valence-electron chi connectivity index (χ3n) is 5.90. The molecule has 5 rings (SSSR count). The fraction of sp³-hybridized carbons (Fsp3) is 0.250. The van der Waals surface area contributed by atoms with E-state index in [9.17, 15) is 9.59 Å². The fourth-order valence-electron chi connectivity index (χ4n) is 4.00. The lowest BCUT2D eigenvalue weighted by molar-refractivity contribution is -0.128. The molecule has 1 aromatic carbocycles. The molecule has 13 heteroatoms. The van der Waals surface area contributed by atoms with E-state index < -0.39 is 0 Å². The van der Waals surface area contributed by atoms with Crippen molar-refractivity contribution in [1.82, 2.24) is 29.6 Å². The molecule has 190 valence electrons. The normalized spacial score (nSPS) is 13.8. The molecule has 4 heterocycles. The van der Waals surface area contributed by atoms with Gasteiger partial charge in [-0.3, -0.25) is 9.59 Å². The summed E-state index contributed by atoms with van der Waals surface area (Å²) < 4.78 is 6.54. The number of benzene rings is 1. The Morgan fingerprint density at radius 1 is 1.00 bits per heavy atom. The number of hydrogen-bond donors (Lipinski definition) is 3. The van der Waals surface area contributed by atoms with Crippen molar-refractivity contribution in [2.24, 2.45) is 0 Å². The highest BCUT2D eigenvalue weighted by molar-refractivity contribution is 6.02. The maximum Gasteiger partial charge on any atom is 0.291 e. The predicted octanol–water partition coefficient (Wildman–Crippen LogP) is 2.29. The topological polar surface area (TPSA) is 160 Å². The van der Waals surface area contributed by atoms with Crippen LogP contribution in [-0.2, 0) is 4.79 Å². The van der Waals surface area contributed by atoms with Gasteiger partial charge in [-0.2, -0.15) is 9.67 Å². The van der Waals surface area contributed by atoms with Crippen LogP contribution in [0.3, 0.4) is 0 Å². The molecule has 4 aromatic rings. The Hall–Kier alpha value is -4.94. The molecular weight excluding hydrogens is 476 g/mol. The minimum absolute atomic E-state index is 0.0777. The Morgan fingerprint density at radius 3 is 2.54 bits per heavy atom. The molecule has 4 N–H and O–H groups in total. The number of aromatic nitrogens is 5. The lowest BCUT2D eigenvalue weighted by atomic mass is 10.2. The first-order valence-electron chi connectivity index (χ1n) is 11.7. The van der Waals surface area contributed by atoms with Crippen molar-refractivity contribution >= 4 is 40.9 Å². The van der Waals surface area contributed by atoms with Crippen molar-refractivity contribution in [3.8, 4) is 5.82 Å². The maximum atomic E-state index is 12.1. The Morgan fingerprint density at radius 2 is 1.78 bits per heavy atom. The number of rotatable bonds is 6. The summed E-state index contributed by atoms with van der Waals surface area (Å²) in [6, 6.07) is 12.1. The van der Waals surface area contributed by atoms with Gasteiger partial charge in [-0.1, -0.05) is 0 Å². The van der Waals surface area contributed by atoms with E-state index >= 15 is 0 Å². The standard InChI is InChI=1S/C24H26N10O3/c1-16(35)32-9-3-10-33(12-11-32)20-14-21(27-15-26-20)34-23(25)30-24(31-34)29-18-7-5-17(6-8-18)28-22(36)19-4-2-13-37-19/h2,4-8,13-15H,3,9-12H2,1H3,(H,28,36)(H3,25,29,30,31). The highest BCUT2D eigenvalue weighted by atomic mass is 16.3. The van der Waals surface area contributed by atoms with Gasteiger partial charge in [0.1, 0.15) is 12.1 Å². The molecule has 1 aliphatic heterocycles. The van der Waals surface area contributed by atoms with Gasteiger partial charge >= 0.3 is 0 Å². The van der Waals surface area contributed by atoms with Crippen LogP contribution >= 0.6 is 0 Å². The number of nitrogens with two attached hydrogens (primary N) is 1. The maximum absolute atomic E-state index is 12.1. The first-order chi connectivity index (χ1) is 18.0. The van der Waals surface area contributed by atoms with E-state index in [1.54, 1.807) is 49.4 Å². The summed E-state index contributed by atoms with van der Waals surface area (Å²) in [6.45, 7) is 4.41. The Labute approximate surface area is 212 Å². The van der Waals surface area contributed by atoms with E-state index in [0.717, 1.165) is 25.3 Å². The third-order valence-corrected chi connectivity index (χ3v) is 5.90. The first kappa shape index (κ1) is 23.8. The SMILES string of the molecule is CC(=O)N1CCCN(c2cc(-n3nc(Nc4ccc(NC(=O)c5ccco5)cc4)nc3N)ncn2)CC1. The molecule has 0 spiro atoms. The summed E-state index contributed by atoms with van der Waals surface area (Å²) in [7, 11) is 0. The van der Waals surface area contributed by atoms with Gasteiger partial charge in [0.2, 0.25) is 17.8 Å². The predicted molar refractivity (Wildman–Crippen MR) is 137 cm³/mol. The molecule has 0 aliphatic carbocycles. The van der Waals surface area contributed by atoms with Crippen molar-refractivity contribution < 1.29 is 14.0 Å². The number of nitrogens with one attached hydrogen (secondary N) is 2. The molecule has 2 amide bonds. The van der Waals surface area contributed by atoms with Gasteiger partial charge in [0.15, 0.2) is 11.6 Å². The molecule has 0 atom stereocenters. The molecule has 1 aliphatic rings. The van der Waals surface area contributed by atoms with Crippen LogP contribution in [-0.4, -0.2) is 67.6 Å². The van der Waals surface area contributed by atoms with Gasteiger partial charge in [-0.05, 0) is 42.8 Å². The number of amides is 2. The molecule has 1 saturated heterocycles. The lowest BCUT2D eigenvalue weighted by Crippen LogP contribution is -2.33. The van der Waals surface area contributed by atoms with Crippen molar-refractivity contribution in [2.75, 3.05) is 47.4 Å². The third kappa shape index (κ3) is 5.50. The Balaban J connectivity index is 1.26. The zero-order valence-corrected chi connectivity index (χ0v) is 20.2. The Kier molecular flexibility index (Phi) is 6.66. The van der Waals surface area contributed by atoms with Crippen molar-refractivity contribution in [3.63, 3.8) is 0 Å². The zero-order chi connectivity index (χ0) is 25.8. The van der Waals surface area contributed by atoms with E-state index in [2.05, 4.69) is 35.6 Å². The number of carbonyl (C=O) groups is 2. The molecule has 13 nitrogen and oxygen atoms in total. The number of furan rings is 1. The second-order valence-corrected chi connectivity index (χ2v) is 8.42. The number of nitrogen functional groups attached to an aromatic ring is 1. The second kappa shape index (κ2) is 10.4. The average Bonchev–Trinajstić information content (AvgIpc) is 3.49. The average molecular weight is 503 g/mol. The summed E-state index contributed by atoms with van der Waals surface area (Å²) in [5.41, 5.74) is 7.45.